The van der Waals surface area contributed by atoms with Gasteiger partial charge in [0.2, 0.25) is 5.96 Å². The molecule has 9 heteroatoms. The van der Waals surface area contributed by atoms with Crippen molar-refractivity contribution >= 4 is 17.6 Å². The van der Waals surface area contributed by atoms with Crippen molar-refractivity contribution in [3.05, 3.63) is 29.0 Å². The Kier molecular flexibility index (Phi) is 5.78. The molecule has 2 N–H and O–H groups in total. The molecule has 0 aliphatic carbocycles. The normalized spacial score (nSPS) is 18.1. The number of pyridine rings is 1. The summed E-state index contributed by atoms with van der Waals surface area (Å²) in [4.78, 5) is 10.1. The van der Waals surface area contributed by atoms with Crippen LogP contribution in [0.4, 0.5) is 0 Å². The predicted molar refractivity (Wildman–Crippen MR) is 82.1 cm³/mol. The summed E-state index contributed by atoms with van der Waals surface area (Å²) in [7, 11) is 1.86. The molecule has 0 atom stereocenters. The molecule has 1 aromatic rings. The van der Waals surface area contributed by atoms with Crippen LogP contribution in [0.1, 0.15) is 18.9 Å². The second-order valence-corrected chi connectivity index (χ2v) is 5.62. The Labute approximate surface area is 134 Å². The summed E-state index contributed by atoms with van der Waals surface area (Å²) in [5, 5.41) is 22.1. The van der Waals surface area contributed by atoms with Crippen molar-refractivity contribution in [2.45, 2.75) is 19.9 Å². The summed E-state index contributed by atoms with van der Waals surface area (Å²) in [6.07, 6.45) is 2.75. The van der Waals surface area contributed by atoms with E-state index in [0.717, 1.165) is 18.5 Å². The number of guanidine groups is 1. The smallest absolute Gasteiger partial charge is 0.226 e. The van der Waals surface area contributed by atoms with Gasteiger partial charge < -0.3 is 9.80 Å². The average Bonchev–Trinajstić information content (AvgIpc) is 2.45. The summed E-state index contributed by atoms with van der Waals surface area (Å²) in [5.74, 6) is 0.479. The van der Waals surface area contributed by atoms with Crippen molar-refractivity contribution in [1.29, 1.82) is 0 Å². The summed E-state index contributed by atoms with van der Waals surface area (Å²) < 4.78 is 0. The zero-order valence-corrected chi connectivity index (χ0v) is 13.5. The quantitative estimate of drug-likeness (QED) is 0.625. The lowest BCUT2D eigenvalue weighted by molar-refractivity contribution is -0.309. The minimum atomic E-state index is -0.158. The fourth-order valence-electron chi connectivity index (χ4n) is 2.47. The molecule has 0 saturated carbocycles. The minimum Gasteiger partial charge on any atom is -0.331 e. The Morgan fingerprint density at radius 2 is 2.14 bits per heavy atom. The topological polar surface area (TPSA) is 78.7 Å². The maximum absolute atomic E-state index is 9.02. The highest BCUT2D eigenvalue weighted by atomic mass is 35.5. The Morgan fingerprint density at radius 3 is 2.73 bits per heavy atom. The van der Waals surface area contributed by atoms with Gasteiger partial charge in [-0.2, -0.15) is 0 Å². The maximum Gasteiger partial charge on any atom is 0.226 e. The average molecular weight is 329 g/mol. The summed E-state index contributed by atoms with van der Waals surface area (Å²) in [6.45, 7) is 4.94. The first-order valence-corrected chi connectivity index (χ1v) is 7.42. The van der Waals surface area contributed by atoms with Gasteiger partial charge >= 0.3 is 0 Å². The molecule has 1 aromatic heterocycles. The molecule has 122 valence electrons. The first kappa shape index (κ1) is 16.8. The van der Waals surface area contributed by atoms with Crippen LogP contribution in [0.3, 0.4) is 0 Å². The standard InChI is InChI=1S/C13H21ClN6O2/c1-3-6-18-9-17(2)13(16-20(21)22)19(10-18)8-11-4-5-12(14)15-7-11/h4-5,7,21-22H,3,6,8-10H2,1-2H3. The van der Waals surface area contributed by atoms with E-state index >= 15 is 0 Å². The van der Waals surface area contributed by atoms with Crippen LogP contribution in [-0.4, -0.2) is 68.3 Å². The highest BCUT2D eigenvalue weighted by Gasteiger charge is 2.26. The van der Waals surface area contributed by atoms with Gasteiger partial charge in [0.1, 0.15) is 5.15 Å². The van der Waals surface area contributed by atoms with Gasteiger partial charge in [-0.05, 0) is 23.4 Å². The number of nitrogens with zero attached hydrogens (tertiary/aromatic N) is 6. The number of aromatic nitrogens is 1. The van der Waals surface area contributed by atoms with Gasteiger partial charge in [-0.25, -0.2) is 15.4 Å². The lowest BCUT2D eigenvalue weighted by atomic mass is 10.2. The zero-order valence-electron chi connectivity index (χ0n) is 12.7. The molecule has 0 radical (unpaired) electrons. The van der Waals surface area contributed by atoms with E-state index in [1.165, 1.54) is 0 Å². The van der Waals surface area contributed by atoms with Gasteiger partial charge in [0.05, 0.1) is 13.3 Å². The van der Waals surface area contributed by atoms with Gasteiger partial charge in [0.25, 0.3) is 0 Å². The number of halogens is 1. The van der Waals surface area contributed by atoms with Crippen LogP contribution < -0.4 is 0 Å². The second-order valence-electron chi connectivity index (χ2n) is 5.23. The van der Waals surface area contributed by atoms with Crippen LogP contribution in [0, 0.1) is 0 Å². The fraction of sp³-hybridized carbons (Fsp3) is 0.538. The Bertz CT molecular complexity index is 510. The molecule has 1 aliphatic rings. The van der Waals surface area contributed by atoms with E-state index in [2.05, 4.69) is 21.9 Å². The molecular formula is C13H21ClN6O2. The van der Waals surface area contributed by atoms with E-state index in [0.29, 0.717) is 31.0 Å². The van der Waals surface area contributed by atoms with Gasteiger partial charge in [-0.3, -0.25) is 4.90 Å². The van der Waals surface area contributed by atoms with Crippen molar-refractivity contribution in [2.24, 2.45) is 5.10 Å². The third kappa shape index (κ3) is 4.44. The molecule has 1 fully saturated rings. The van der Waals surface area contributed by atoms with E-state index in [4.69, 9.17) is 22.0 Å². The number of hydrazone groups is 1. The van der Waals surface area contributed by atoms with Gasteiger partial charge in [0, 0.05) is 26.3 Å². The van der Waals surface area contributed by atoms with E-state index in [1.54, 1.807) is 12.3 Å². The largest absolute Gasteiger partial charge is 0.331 e. The molecular weight excluding hydrogens is 308 g/mol. The van der Waals surface area contributed by atoms with Crippen molar-refractivity contribution in [1.82, 2.24) is 25.0 Å². The lowest BCUT2D eigenvalue weighted by Gasteiger charge is -2.43. The Hall–Kier alpha value is -1.61. The minimum absolute atomic E-state index is 0.158. The van der Waals surface area contributed by atoms with Crippen LogP contribution >= 0.6 is 11.6 Å². The number of rotatable bonds is 5. The first-order chi connectivity index (χ1) is 10.5. The summed E-state index contributed by atoms with van der Waals surface area (Å²) in [5.41, 5.74) is 0.964. The van der Waals surface area contributed by atoms with Crippen LogP contribution in [0.25, 0.3) is 0 Å². The van der Waals surface area contributed by atoms with Crippen molar-refractivity contribution < 1.29 is 10.4 Å². The predicted octanol–water partition coefficient (Wildman–Crippen LogP) is 1.46. The van der Waals surface area contributed by atoms with Gasteiger partial charge in [-0.1, -0.05) is 29.7 Å². The summed E-state index contributed by atoms with van der Waals surface area (Å²) >= 11 is 5.80. The highest BCUT2D eigenvalue weighted by molar-refractivity contribution is 6.29. The molecule has 1 aliphatic heterocycles. The molecule has 8 nitrogen and oxygen atoms in total. The van der Waals surface area contributed by atoms with Crippen LogP contribution in [0.2, 0.25) is 5.15 Å². The molecule has 0 spiro atoms. The molecule has 22 heavy (non-hydrogen) atoms. The van der Waals surface area contributed by atoms with Gasteiger partial charge in [0.15, 0.2) is 0 Å². The molecule has 2 rings (SSSR count). The van der Waals surface area contributed by atoms with Crippen molar-refractivity contribution in [2.75, 3.05) is 26.9 Å². The molecule has 0 aromatic carbocycles. The van der Waals surface area contributed by atoms with Crippen LogP contribution in [0.5, 0.6) is 0 Å². The van der Waals surface area contributed by atoms with Crippen molar-refractivity contribution in [3.8, 4) is 0 Å². The molecule has 1 saturated heterocycles. The van der Waals surface area contributed by atoms with Crippen LogP contribution in [0.15, 0.2) is 23.4 Å². The van der Waals surface area contributed by atoms with E-state index in [-0.39, 0.29) is 5.34 Å². The maximum atomic E-state index is 9.02. The zero-order chi connectivity index (χ0) is 16.1. The third-order valence-corrected chi connectivity index (χ3v) is 3.51. The molecule has 2 heterocycles. The van der Waals surface area contributed by atoms with E-state index in [9.17, 15) is 0 Å². The number of hydrogen-bond donors (Lipinski definition) is 2. The highest BCUT2D eigenvalue weighted by Crippen LogP contribution is 2.15. The molecule has 0 unspecified atom stereocenters. The third-order valence-electron chi connectivity index (χ3n) is 3.29. The monoisotopic (exact) mass is 328 g/mol. The number of hydrogen-bond acceptors (Lipinski definition) is 6. The van der Waals surface area contributed by atoms with Crippen LogP contribution in [-0.2, 0) is 6.54 Å². The second kappa shape index (κ2) is 7.59. The van der Waals surface area contributed by atoms with Gasteiger partial charge in [-0.15, -0.1) is 0 Å². The first-order valence-electron chi connectivity index (χ1n) is 7.05. The Morgan fingerprint density at radius 1 is 1.36 bits per heavy atom. The SMILES string of the molecule is CCCN1CN(C)C(=NN(O)O)N(Cc2ccc(Cl)nc2)C1. The lowest BCUT2D eigenvalue weighted by Crippen LogP contribution is -2.57. The van der Waals surface area contributed by atoms with Crippen molar-refractivity contribution in [3.63, 3.8) is 0 Å². The summed E-state index contributed by atoms with van der Waals surface area (Å²) in [6, 6.07) is 3.62. The van der Waals surface area contributed by atoms with E-state index in [1.807, 2.05) is 22.9 Å². The fourth-order valence-corrected chi connectivity index (χ4v) is 2.58. The Balaban J connectivity index is 2.18. The molecule has 0 amide bonds. The van der Waals surface area contributed by atoms with E-state index < -0.39 is 0 Å². The molecule has 0 bridgehead atoms.